The molecule has 1 aliphatic heterocycles. The van der Waals surface area contributed by atoms with Crippen molar-refractivity contribution in [1.82, 2.24) is 19.5 Å². The Morgan fingerprint density at radius 3 is 2.66 bits per heavy atom. The van der Waals surface area contributed by atoms with E-state index in [1.165, 1.54) is 4.68 Å². The number of carbonyl (C=O) groups excluding carboxylic acids is 2. The van der Waals surface area contributed by atoms with Crippen molar-refractivity contribution in [2.24, 2.45) is 5.73 Å². The molecule has 1 unspecified atom stereocenters. The predicted molar refractivity (Wildman–Crippen MR) is 133 cm³/mol. The fourth-order valence-electron chi connectivity index (χ4n) is 4.30. The maximum atomic E-state index is 12.7. The fraction of sp³-hybridized carbons (Fsp3) is 0.280. The van der Waals surface area contributed by atoms with Crippen molar-refractivity contribution in [3.05, 3.63) is 72.0 Å². The number of piperidine rings is 1. The molecule has 3 aromatic rings. The Bertz CT molecular complexity index is 1250. The van der Waals surface area contributed by atoms with Crippen LogP contribution in [0.2, 0.25) is 0 Å². The van der Waals surface area contributed by atoms with Gasteiger partial charge in [0.25, 0.3) is 11.8 Å². The second-order valence-corrected chi connectivity index (χ2v) is 8.25. The van der Waals surface area contributed by atoms with Crippen molar-refractivity contribution in [3.63, 3.8) is 0 Å². The van der Waals surface area contributed by atoms with Gasteiger partial charge < -0.3 is 26.5 Å². The summed E-state index contributed by atoms with van der Waals surface area (Å²) in [5.41, 5.74) is 7.26. The van der Waals surface area contributed by atoms with Gasteiger partial charge in [0.2, 0.25) is 0 Å². The van der Waals surface area contributed by atoms with Gasteiger partial charge in [-0.3, -0.25) is 9.59 Å². The topological polar surface area (TPSA) is 141 Å². The third-order valence-corrected chi connectivity index (χ3v) is 5.98. The van der Waals surface area contributed by atoms with Gasteiger partial charge in [0.1, 0.15) is 17.3 Å². The zero-order chi connectivity index (χ0) is 24.9. The molecule has 2 amide bonds. The van der Waals surface area contributed by atoms with Crippen molar-refractivity contribution < 1.29 is 14.3 Å². The Morgan fingerprint density at radius 2 is 1.97 bits per heavy atom. The number of nitrogens with two attached hydrogens (primary N) is 2. The summed E-state index contributed by atoms with van der Waals surface area (Å²) < 4.78 is 6.46. The number of allylic oxidation sites excluding steroid dienone is 1. The van der Waals surface area contributed by atoms with E-state index in [-0.39, 0.29) is 17.6 Å². The number of imidazole rings is 1. The fourth-order valence-corrected chi connectivity index (χ4v) is 4.30. The van der Waals surface area contributed by atoms with Gasteiger partial charge in [-0.2, -0.15) is 0 Å². The number of pyridine rings is 1. The number of amides is 2. The lowest BCUT2D eigenvalue weighted by atomic mass is 10.0. The highest BCUT2D eigenvalue weighted by Crippen LogP contribution is 2.33. The van der Waals surface area contributed by atoms with Crippen LogP contribution in [0, 0.1) is 0 Å². The molecule has 2 aromatic heterocycles. The maximum absolute atomic E-state index is 12.7. The van der Waals surface area contributed by atoms with Crippen LogP contribution in [-0.2, 0) is 0 Å². The van der Waals surface area contributed by atoms with Crippen molar-refractivity contribution in [2.45, 2.75) is 32.2 Å². The first-order valence-electron chi connectivity index (χ1n) is 11.4. The summed E-state index contributed by atoms with van der Waals surface area (Å²) in [5, 5.41) is 2.74. The third kappa shape index (κ3) is 4.96. The zero-order valence-corrected chi connectivity index (χ0v) is 19.8. The molecule has 3 heterocycles. The van der Waals surface area contributed by atoms with E-state index in [0.29, 0.717) is 34.2 Å². The van der Waals surface area contributed by atoms with Crippen molar-refractivity contribution in [2.75, 3.05) is 24.8 Å². The van der Waals surface area contributed by atoms with Crippen LogP contribution in [0.4, 0.5) is 5.82 Å². The molecule has 0 spiro atoms. The van der Waals surface area contributed by atoms with E-state index in [1.807, 2.05) is 19.2 Å². The monoisotopic (exact) mass is 475 g/mol. The summed E-state index contributed by atoms with van der Waals surface area (Å²) >= 11 is 0. The lowest BCUT2D eigenvalue weighted by Gasteiger charge is -2.34. The van der Waals surface area contributed by atoms with E-state index < -0.39 is 5.91 Å². The first-order chi connectivity index (χ1) is 16.9. The summed E-state index contributed by atoms with van der Waals surface area (Å²) in [6.45, 7) is 2.85. The number of carbonyl (C=O) groups is 2. The zero-order valence-electron chi connectivity index (χ0n) is 19.8. The quantitative estimate of drug-likeness (QED) is 0.446. The lowest BCUT2D eigenvalue weighted by Crippen LogP contribution is -2.33. The number of likely N-dealkylation sites (tertiary alicyclic amines) is 1. The number of hydrogen-bond acceptors (Lipinski definition) is 7. The molecule has 0 radical (unpaired) electrons. The average Bonchev–Trinajstić information content (AvgIpc) is 3.22. The largest absolute Gasteiger partial charge is 0.497 e. The minimum Gasteiger partial charge on any atom is -0.497 e. The number of rotatable bonds is 7. The van der Waals surface area contributed by atoms with E-state index in [2.05, 4.69) is 15.2 Å². The van der Waals surface area contributed by atoms with Crippen LogP contribution in [0.1, 0.15) is 58.9 Å². The average molecular weight is 476 g/mol. The highest BCUT2D eigenvalue weighted by molar-refractivity contribution is 6.04. The molecule has 35 heavy (non-hydrogen) atoms. The number of benzene rings is 1. The second kappa shape index (κ2) is 10.3. The number of nitrogens with one attached hydrogen (secondary N) is 1. The number of nitrogens with zero attached hydrogens (tertiary/aromatic N) is 4. The van der Waals surface area contributed by atoms with Gasteiger partial charge in [-0.1, -0.05) is 18.2 Å². The van der Waals surface area contributed by atoms with Gasteiger partial charge in [0, 0.05) is 29.9 Å². The number of methoxy groups -OCH3 is 1. The number of primary amides is 1. The van der Waals surface area contributed by atoms with E-state index >= 15 is 0 Å². The number of aromatic nitrogens is 3. The molecule has 0 saturated carbocycles. The van der Waals surface area contributed by atoms with Gasteiger partial charge in [-0.25, -0.2) is 14.6 Å². The molecule has 10 nitrogen and oxygen atoms in total. The first-order valence-corrected chi connectivity index (χ1v) is 11.4. The molecule has 1 aromatic carbocycles. The summed E-state index contributed by atoms with van der Waals surface area (Å²) in [6.07, 6.45) is 8.53. The van der Waals surface area contributed by atoms with Gasteiger partial charge in [0.05, 0.1) is 13.2 Å². The van der Waals surface area contributed by atoms with E-state index in [0.717, 1.165) is 25.8 Å². The van der Waals surface area contributed by atoms with Crippen molar-refractivity contribution >= 4 is 17.6 Å². The Labute approximate surface area is 203 Å². The minimum absolute atomic E-state index is 0.0581. The van der Waals surface area contributed by atoms with Gasteiger partial charge >= 0.3 is 0 Å². The molecule has 4 rings (SSSR count). The van der Waals surface area contributed by atoms with Crippen molar-refractivity contribution in [3.8, 4) is 17.0 Å². The highest BCUT2D eigenvalue weighted by atomic mass is 16.5. The van der Waals surface area contributed by atoms with Crippen molar-refractivity contribution in [1.29, 1.82) is 0 Å². The predicted octanol–water partition coefficient (Wildman–Crippen LogP) is 3.08. The summed E-state index contributed by atoms with van der Waals surface area (Å²) in [6, 6.07) is 10.0. The minimum atomic E-state index is -0.666. The lowest BCUT2D eigenvalue weighted by molar-refractivity contribution is 0.0990. The Morgan fingerprint density at radius 1 is 1.20 bits per heavy atom. The number of nitrogen functional groups attached to an aromatic ring is 1. The molecule has 0 bridgehead atoms. The Hall–Kier alpha value is -4.34. The van der Waals surface area contributed by atoms with Crippen LogP contribution in [0.5, 0.6) is 5.75 Å². The van der Waals surface area contributed by atoms with Crippen LogP contribution < -0.4 is 21.6 Å². The smallest absolute Gasteiger partial charge is 0.269 e. The molecular formula is C25H29N7O3. The van der Waals surface area contributed by atoms with Crippen LogP contribution in [-0.4, -0.2) is 45.0 Å². The second-order valence-electron chi connectivity index (χ2n) is 8.25. The number of hydrogen-bond donors (Lipinski definition) is 3. The standard InChI is InChI=1S/C25H29N7O3/c1-3-13-31-14-5-4-6-19(31)24-30-21(22(23(26)33)32(24)27)16-7-9-17(10-8-16)25(34)29-20-15-18(35-2)11-12-28-20/h3,7-13,15,19H,4-6,14,27H2,1-2H3,(H2,26,33)(H,28,29,34). The van der Waals surface area contributed by atoms with Crippen LogP contribution >= 0.6 is 0 Å². The molecular weight excluding hydrogens is 446 g/mol. The van der Waals surface area contributed by atoms with Gasteiger partial charge in [0.15, 0.2) is 11.5 Å². The van der Waals surface area contributed by atoms with Crippen LogP contribution in [0.25, 0.3) is 11.3 Å². The van der Waals surface area contributed by atoms with E-state index in [4.69, 9.17) is 21.3 Å². The molecule has 1 atom stereocenters. The van der Waals surface area contributed by atoms with Gasteiger partial charge in [-0.05, 0) is 50.6 Å². The maximum Gasteiger partial charge on any atom is 0.269 e. The molecule has 0 aliphatic carbocycles. The number of ether oxygens (including phenoxy) is 1. The summed E-state index contributed by atoms with van der Waals surface area (Å²) in [4.78, 5) is 36.1. The van der Waals surface area contributed by atoms with Crippen LogP contribution in [0.3, 0.4) is 0 Å². The normalized spacial score (nSPS) is 15.8. The highest BCUT2D eigenvalue weighted by Gasteiger charge is 2.30. The third-order valence-electron chi connectivity index (χ3n) is 5.98. The molecule has 1 fully saturated rings. The van der Waals surface area contributed by atoms with E-state index in [9.17, 15) is 9.59 Å². The van der Waals surface area contributed by atoms with E-state index in [1.54, 1.807) is 49.7 Å². The molecule has 1 saturated heterocycles. The molecule has 1 aliphatic rings. The summed E-state index contributed by atoms with van der Waals surface area (Å²) in [7, 11) is 1.54. The summed E-state index contributed by atoms with van der Waals surface area (Å²) in [5.74, 6) is 6.88. The number of anilines is 1. The molecule has 182 valence electrons. The Kier molecular flexibility index (Phi) is 7.00. The van der Waals surface area contributed by atoms with Gasteiger partial charge in [-0.15, -0.1) is 0 Å². The SMILES string of the molecule is CC=CN1CCCCC1c1nc(-c2ccc(C(=O)Nc3cc(OC)ccn3)cc2)c(C(N)=O)n1N. The molecule has 10 heteroatoms. The molecule has 5 N–H and O–H groups in total. The first kappa shape index (κ1) is 23.8. The van der Waals surface area contributed by atoms with Crippen LogP contribution in [0.15, 0.2) is 54.9 Å². The Balaban J connectivity index is 1.62.